The van der Waals surface area contributed by atoms with Gasteiger partial charge in [0.15, 0.2) is 11.5 Å². The van der Waals surface area contributed by atoms with Crippen molar-refractivity contribution in [1.82, 2.24) is 4.98 Å². The van der Waals surface area contributed by atoms with Gasteiger partial charge in [-0.2, -0.15) is 0 Å². The fourth-order valence-corrected chi connectivity index (χ4v) is 3.61. The smallest absolute Gasteiger partial charge is 0.255 e. The van der Waals surface area contributed by atoms with Crippen LogP contribution in [-0.4, -0.2) is 17.5 Å². The first-order valence-electron chi connectivity index (χ1n) is 9.89. The zero-order chi connectivity index (χ0) is 21.8. The number of fused-ring (bicyclic) bond motifs is 1. The topological polar surface area (TPSA) is 64.4 Å². The van der Waals surface area contributed by atoms with Crippen LogP contribution in [0.15, 0.2) is 65.1 Å². The number of amides is 1. The highest BCUT2D eigenvalue weighted by atomic mass is 35.5. The minimum absolute atomic E-state index is 0.180. The van der Waals surface area contributed by atoms with Crippen molar-refractivity contribution in [3.63, 3.8) is 0 Å². The first-order chi connectivity index (χ1) is 15.0. The van der Waals surface area contributed by atoms with Gasteiger partial charge in [0.1, 0.15) is 11.3 Å². The van der Waals surface area contributed by atoms with Crippen molar-refractivity contribution in [2.45, 2.75) is 19.8 Å². The molecule has 0 atom stereocenters. The summed E-state index contributed by atoms with van der Waals surface area (Å²) in [7, 11) is 0. The van der Waals surface area contributed by atoms with Crippen LogP contribution in [0, 0.1) is 0 Å². The van der Waals surface area contributed by atoms with E-state index in [2.05, 4.69) is 10.3 Å². The molecule has 4 aromatic rings. The molecule has 1 N–H and O–H groups in total. The predicted molar refractivity (Wildman–Crippen MR) is 123 cm³/mol. The number of halogens is 2. The summed E-state index contributed by atoms with van der Waals surface area (Å²) >= 11 is 12.2. The van der Waals surface area contributed by atoms with Crippen molar-refractivity contribution in [3.8, 4) is 5.75 Å². The van der Waals surface area contributed by atoms with E-state index in [-0.39, 0.29) is 5.91 Å². The third-order valence-corrected chi connectivity index (χ3v) is 5.11. The summed E-state index contributed by atoms with van der Waals surface area (Å²) in [6, 6.07) is 18.0. The number of anilines is 1. The molecule has 0 aliphatic carbocycles. The van der Waals surface area contributed by atoms with Crippen LogP contribution in [-0.2, 0) is 6.42 Å². The van der Waals surface area contributed by atoms with E-state index >= 15 is 0 Å². The van der Waals surface area contributed by atoms with Gasteiger partial charge in [-0.25, -0.2) is 4.98 Å². The van der Waals surface area contributed by atoms with Gasteiger partial charge in [0.25, 0.3) is 5.91 Å². The van der Waals surface area contributed by atoms with Crippen molar-refractivity contribution in [2.24, 2.45) is 0 Å². The molecule has 0 aliphatic heterocycles. The van der Waals surface area contributed by atoms with Crippen LogP contribution in [0.4, 0.5) is 5.69 Å². The summed E-state index contributed by atoms with van der Waals surface area (Å²) < 4.78 is 11.3. The minimum Gasteiger partial charge on any atom is -0.494 e. The number of carbonyl (C=O) groups excluding carboxylic acids is 1. The van der Waals surface area contributed by atoms with E-state index in [1.54, 1.807) is 36.4 Å². The van der Waals surface area contributed by atoms with Crippen molar-refractivity contribution in [3.05, 3.63) is 87.7 Å². The van der Waals surface area contributed by atoms with Crippen molar-refractivity contribution >= 4 is 45.9 Å². The lowest BCUT2D eigenvalue weighted by molar-refractivity contribution is 0.102. The quantitative estimate of drug-likeness (QED) is 0.334. The molecule has 0 bridgehead atoms. The van der Waals surface area contributed by atoms with E-state index in [1.807, 2.05) is 31.2 Å². The van der Waals surface area contributed by atoms with Crippen LogP contribution in [0.2, 0.25) is 10.0 Å². The summed E-state index contributed by atoms with van der Waals surface area (Å²) in [5, 5.41) is 3.85. The van der Waals surface area contributed by atoms with Gasteiger partial charge in [-0.1, -0.05) is 42.3 Å². The Labute approximate surface area is 189 Å². The number of ether oxygens (including phenoxy) is 1. The first-order valence-corrected chi connectivity index (χ1v) is 10.6. The van der Waals surface area contributed by atoms with E-state index in [9.17, 15) is 4.79 Å². The standard InChI is InChI=1S/C24H20Cl2N2O3/c1-2-11-30-19-9-5-16(6-10-19)24(29)27-18-7-3-15(4-8-18)12-22-28-21-14-17(25)13-20(26)23(21)31-22/h3-10,13-14H,2,11-12H2,1H3,(H,27,29). The number of hydrogen-bond donors (Lipinski definition) is 1. The molecular formula is C24H20Cl2N2O3. The van der Waals surface area contributed by atoms with Gasteiger partial charge in [-0.05, 0) is 60.5 Å². The highest BCUT2D eigenvalue weighted by Crippen LogP contribution is 2.29. The molecule has 1 heterocycles. The molecule has 0 fully saturated rings. The molecule has 7 heteroatoms. The maximum atomic E-state index is 12.5. The lowest BCUT2D eigenvalue weighted by Gasteiger charge is -2.08. The second kappa shape index (κ2) is 9.41. The SMILES string of the molecule is CCCOc1ccc(C(=O)Nc2ccc(Cc3nc4cc(Cl)cc(Cl)c4o3)cc2)cc1. The van der Waals surface area contributed by atoms with Crippen LogP contribution in [0.25, 0.3) is 11.1 Å². The summed E-state index contributed by atoms with van der Waals surface area (Å²) in [6.07, 6.45) is 1.43. The zero-order valence-electron chi connectivity index (χ0n) is 16.8. The second-order valence-electron chi connectivity index (χ2n) is 7.04. The Morgan fingerprint density at radius 1 is 1.06 bits per heavy atom. The van der Waals surface area contributed by atoms with Crippen molar-refractivity contribution < 1.29 is 13.9 Å². The first kappa shape index (κ1) is 21.2. The van der Waals surface area contributed by atoms with Gasteiger partial charge in [-0.3, -0.25) is 4.79 Å². The molecule has 1 amide bonds. The van der Waals surface area contributed by atoms with Crippen LogP contribution in [0.3, 0.4) is 0 Å². The maximum absolute atomic E-state index is 12.5. The van der Waals surface area contributed by atoms with Gasteiger partial charge in [0.05, 0.1) is 11.6 Å². The molecule has 31 heavy (non-hydrogen) atoms. The number of hydrogen-bond acceptors (Lipinski definition) is 4. The lowest BCUT2D eigenvalue weighted by Crippen LogP contribution is -2.11. The number of rotatable bonds is 7. The van der Waals surface area contributed by atoms with Crippen LogP contribution < -0.4 is 10.1 Å². The highest BCUT2D eigenvalue weighted by Gasteiger charge is 2.12. The van der Waals surface area contributed by atoms with Crippen LogP contribution in [0.1, 0.15) is 35.2 Å². The van der Waals surface area contributed by atoms with Gasteiger partial charge in [0, 0.05) is 22.7 Å². The van der Waals surface area contributed by atoms with Crippen LogP contribution in [0.5, 0.6) is 5.75 Å². The van der Waals surface area contributed by atoms with E-state index < -0.39 is 0 Å². The largest absolute Gasteiger partial charge is 0.494 e. The molecule has 0 radical (unpaired) electrons. The van der Waals surface area contributed by atoms with E-state index in [4.69, 9.17) is 32.4 Å². The van der Waals surface area contributed by atoms with Crippen molar-refractivity contribution in [2.75, 3.05) is 11.9 Å². The maximum Gasteiger partial charge on any atom is 0.255 e. The molecule has 0 aliphatic rings. The lowest BCUT2D eigenvalue weighted by atomic mass is 10.1. The Bertz CT molecular complexity index is 1200. The van der Waals surface area contributed by atoms with E-state index in [1.165, 1.54) is 0 Å². The molecule has 0 spiro atoms. The summed E-state index contributed by atoms with van der Waals surface area (Å²) in [5.74, 6) is 1.12. The molecule has 1 aromatic heterocycles. The molecule has 0 unspecified atom stereocenters. The number of oxazole rings is 1. The molecule has 0 saturated carbocycles. The number of aromatic nitrogens is 1. The molecular weight excluding hydrogens is 435 g/mol. The molecule has 0 saturated heterocycles. The zero-order valence-corrected chi connectivity index (χ0v) is 18.3. The van der Waals surface area contributed by atoms with Crippen LogP contribution >= 0.6 is 23.2 Å². The highest BCUT2D eigenvalue weighted by molar-refractivity contribution is 6.37. The Morgan fingerprint density at radius 2 is 1.81 bits per heavy atom. The summed E-state index contributed by atoms with van der Waals surface area (Å²) in [4.78, 5) is 16.9. The second-order valence-corrected chi connectivity index (χ2v) is 7.89. The fourth-order valence-electron chi connectivity index (χ4n) is 3.09. The number of carbonyl (C=O) groups is 1. The number of benzene rings is 3. The molecule has 5 nitrogen and oxygen atoms in total. The Balaban J connectivity index is 1.40. The van der Waals surface area contributed by atoms with Crippen molar-refractivity contribution in [1.29, 1.82) is 0 Å². The minimum atomic E-state index is -0.180. The normalized spacial score (nSPS) is 10.9. The molecule has 158 valence electrons. The predicted octanol–water partition coefficient (Wildman–Crippen LogP) is 6.77. The average molecular weight is 455 g/mol. The van der Waals surface area contributed by atoms with Gasteiger partial charge < -0.3 is 14.5 Å². The van der Waals surface area contributed by atoms with Gasteiger partial charge in [0.2, 0.25) is 0 Å². The Morgan fingerprint density at radius 3 is 2.52 bits per heavy atom. The van der Waals surface area contributed by atoms with E-state index in [0.717, 1.165) is 17.7 Å². The average Bonchev–Trinajstić information content (AvgIpc) is 3.16. The number of nitrogens with zero attached hydrogens (tertiary/aromatic N) is 1. The monoisotopic (exact) mass is 454 g/mol. The van der Waals surface area contributed by atoms with Gasteiger partial charge >= 0.3 is 0 Å². The number of nitrogens with one attached hydrogen (secondary N) is 1. The Hall–Kier alpha value is -3.02. The molecule has 4 rings (SSSR count). The third-order valence-electron chi connectivity index (χ3n) is 4.61. The Kier molecular flexibility index (Phi) is 6.44. The van der Waals surface area contributed by atoms with Gasteiger partial charge in [-0.15, -0.1) is 0 Å². The summed E-state index contributed by atoms with van der Waals surface area (Å²) in [5.41, 5.74) is 3.41. The molecule has 3 aromatic carbocycles. The van der Waals surface area contributed by atoms with E-state index in [0.29, 0.717) is 51.3 Å². The summed E-state index contributed by atoms with van der Waals surface area (Å²) in [6.45, 7) is 2.70. The fraction of sp³-hybridized carbons (Fsp3) is 0.167. The third kappa shape index (κ3) is 5.19.